The summed E-state index contributed by atoms with van der Waals surface area (Å²) in [6, 6.07) is 14.3. The van der Waals surface area contributed by atoms with Crippen LogP contribution in [-0.2, 0) is 4.79 Å². The maximum atomic E-state index is 14.8. The van der Waals surface area contributed by atoms with Crippen molar-refractivity contribution >= 4 is 28.7 Å². The summed E-state index contributed by atoms with van der Waals surface area (Å²) in [4.78, 5) is 46.1. The minimum absolute atomic E-state index is 0.0477. The van der Waals surface area contributed by atoms with Crippen molar-refractivity contribution in [2.45, 2.75) is 13.8 Å². The van der Waals surface area contributed by atoms with Gasteiger partial charge in [0, 0.05) is 41.0 Å². The molecule has 2 aromatic carbocycles. The number of fused-ring (bicyclic) bond motifs is 1. The first kappa shape index (κ1) is 27.9. The fourth-order valence-electron chi connectivity index (χ4n) is 4.10. The quantitative estimate of drug-likeness (QED) is 0.141. The predicted molar refractivity (Wildman–Crippen MR) is 147 cm³/mol. The number of hydrogen-bond acceptors (Lipinski definition) is 6. The number of carbonyl (C=O) groups excluding carboxylic acids is 2. The van der Waals surface area contributed by atoms with Gasteiger partial charge in [-0.1, -0.05) is 37.8 Å². The Morgan fingerprint density at radius 1 is 1.07 bits per heavy atom. The molecular weight excluding hydrogens is 513 g/mol. The van der Waals surface area contributed by atoms with Crippen LogP contribution in [0.1, 0.15) is 45.7 Å². The Balaban J connectivity index is 1.56. The number of nitrogens with zero attached hydrogens (tertiary/aromatic N) is 3. The summed E-state index contributed by atoms with van der Waals surface area (Å²) in [6.07, 6.45) is 3.13. The average Bonchev–Trinajstić information content (AvgIpc) is 2.94. The van der Waals surface area contributed by atoms with E-state index in [1.54, 1.807) is 48.8 Å². The normalized spacial score (nSPS) is 10.6. The van der Waals surface area contributed by atoms with Crippen molar-refractivity contribution in [3.63, 3.8) is 0 Å². The molecule has 0 atom stereocenters. The van der Waals surface area contributed by atoms with Crippen LogP contribution in [0.15, 0.2) is 67.0 Å². The lowest BCUT2D eigenvalue weighted by Crippen LogP contribution is -2.38. The number of nitrogen functional groups attached to an aromatic ring is 1. The van der Waals surface area contributed by atoms with E-state index >= 15 is 0 Å². The van der Waals surface area contributed by atoms with Gasteiger partial charge < -0.3 is 10.0 Å². The van der Waals surface area contributed by atoms with Gasteiger partial charge in [0.1, 0.15) is 12.4 Å². The van der Waals surface area contributed by atoms with E-state index in [4.69, 9.17) is 10.9 Å². The summed E-state index contributed by atoms with van der Waals surface area (Å²) in [6.45, 7) is 3.49. The van der Waals surface area contributed by atoms with Crippen LogP contribution in [-0.4, -0.2) is 50.8 Å². The molecule has 0 aliphatic heterocycles. The van der Waals surface area contributed by atoms with Crippen LogP contribution >= 0.6 is 0 Å². The first-order chi connectivity index (χ1) is 19.2. The average molecular weight is 540 g/mol. The molecule has 40 heavy (non-hydrogen) atoms. The van der Waals surface area contributed by atoms with Crippen molar-refractivity contribution in [1.82, 2.24) is 20.3 Å². The Bertz CT molecular complexity index is 1660. The highest BCUT2D eigenvalue weighted by Crippen LogP contribution is 2.25. The van der Waals surface area contributed by atoms with Crippen molar-refractivity contribution < 1.29 is 23.9 Å². The Morgan fingerprint density at radius 3 is 2.48 bits per heavy atom. The van der Waals surface area contributed by atoms with E-state index in [-0.39, 0.29) is 23.6 Å². The van der Waals surface area contributed by atoms with E-state index in [1.807, 2.05) is 13.8 Å². The minimum atomic E-state index is -1.14. The van der Waals surface area contributed by atoms with Gasteiger partial charge in [0.05, 0.1) is 22.3 Å². The number of hydrogen-bond donors (Lipinski definition) is 3. The third kappa shape index (κ3) is 6.46. The molecule has 9 nitrogen and oxygen atoms in total. The van der Waals surface area contributed by atoms with Crippen molar-refractivity contribution in [2.24, 2.45) is 11.8 Å². The third-order valence-corrected chi connectivity index (χ3v) is 5.92. The molecule has 0 saturated heterocycles. The molecule has 202 valence electrons. The van der Waals surface area contributed by atoms with E-state index in [0.717, 1.165) is 11.6 Å². The number of carboxylic acids is 1. The molecule has 0 unspecified atom stereocenters. The molecule has 10 heteroatoms. The first-order valence-corrected chi connectivity index (χ1v) is 12.3. The lowest BCUT2D eigenvalue weighted by molar-refractivity contribution is -0.137. The molecule has 2 amide bonds. The summed E-state index contributed by atoms with van der Waals surface area (Å²) >= 11 is 0. The van der Waals surface area contributed by atoms with Gasteiger partial charge in [-0.15, -0.1) is 0 Å². The van der Waals surface area contributed by atoms with Crippen molar-refractivity contribution in [2.75, 3.05) is 13.1 Å². The Kier molecular flexibility index (Phi) is 8.47. The SMILES string of the molecule is CC(C)CN(CC(=O)O)C(=O)c1ccc(C#Cc2ccc(-c3cc(C(=O)NN)c4cnccc4n3)cc2)c(F)c1. The van der Waals surface area contributed by atoms with Gasteiger partial charge in [0.2, 0.25) is 0 Å². The second-order valence-corrected chi connectivity index (χ2v) is 9.42. The largest absolute Gasteiger partial charge is 0.480 e. The molecule has 0 saturated carbocycles. The van der Waals surface area contributed by atoms with E-state index in [2.05, 4.69) is 27.2 Å². The zero-order valence-electron chi connectivity index (χ0n) is 21.8. The molecule has 0 spiro atoms. The van der Waals surface area contributed by atoms with Crippen LogP contribution in [0, 0.1) is 23.6 Å². The lowest BCUT2D eigenvalue weighted by Gasteiger charge is -2.22. The van der Waals surface area contributed by atoms with Crippen molar-refractivity contribution in [1.29, 1.82) is 0 Å². The zero-order chi connectivity index (χ0) is 28.8. The molecule has 0 aliphatic rings. The highest BCUT2D eigenvalue weighted by atomic mass is 19.1. The Hall–Kier alpha value is -5.14. The highest BCUT2D eigenvalue weighted by molar-refractivity contribution is 6.06. The van der Waals surface area contributed by atoms with Crippen LogP contribution in [0.25, 0.3) is 22.2 Å². The van der Waals surface area contributed by atoms with Gasteiger partial charge in [-0.2, -0.15) is 0 Å². The topological polar surface area (TPSA) is 139 Å². The monoisotopic (exact) mass is 539 g/mol. The molecule has 0 aliphatic carbocycles. The highest BCUT2D eigenvalue weighted by Gasteiger charge is 2.20. The fourth-order valence-corrected chi connectivity index (χ4v) is 4.10. The van der Waals surface area contributed by atoms with Crippen molar-refractivity contribution in [3.8, 4) is 23.1 Å². The maximum Gasteiger partial charge on any atom is 0.323 e. The fraction of sp³-hybridized carbons (Fsp3) is 0.167. The summed E-state index contributed by atoms with van der Waals surface area (Å²) in [5.41, 5.74) is 5.11. The van der Waals surface area contributed by atoms with Gasteiger partial charge in [0.15, 0.2) is 0 Å². The molecule has 2 heterocycles. The molecule has 4 N–H and O–H groups in total. The van der Waals surface area contributed by atoms with E-state index < -0.39 is 30.1 Å². The molecule has 2 aromatic heterocycles. The van der Waals surface area contributed by atoms with Gasteiger partial charge in [-0.05, 0) is 48.4 Å². The molecule has 0 bridgehead atoms. The molecule has 0 radical (unpaired) electrons. The van der Waals surface area contributed by atoms with Gasteiger partial charge in [-0.3, -0.25) is 24.8 Å². The van der Waals surface area contributed by atoms with Crippen LogP contribution in [0.5, 0.6) is 0 Å². The smallest absolute Gasteiger partial charge is 0.323 e. The number of aromatic nitrogens is 2. The number of pyridine rings is 2. The van der Waals surface area contributed by atoms with Gasteiger partial charge >= 0.3 is 5.97 Å². The van der Waals surface area contributed by atoms with Crippen LogP contribution in [0.3, 0.4) is 0 Å². The minimum Gasteiger partial charge on any atom is -0.480 e. The summed E-state index contributed by atoms with van der Waals surface area (Å²) in [5, 5.41) is 9.70. The van der Waals surface area contributed by atoms with Crippen LogP contribution < -0.4 is 11.3 Å². The maximum absolute atomic E-state index is 14.8. The number of carbonyl (C=O) groups is 3. The number of aliphatic carboxylic acids is 1. The number of benzene rings is 2. The lowest BCUT2D eigenvalue weighted by atomic mass is 10.0. The Morgan fingerprint density at radius 2 is 1.82 bits per heavy atom. The van der Waals surface area contributed by atoms with Crippen LogP contribution in [0.2, 0.25) is 0 Å². The molecular formula is C30H26FN5O4. The van der Waals surface area contributed by atoms with Crippen molar-refractivity contribution in [3.05, 3.63) is 95.1 Å². The number of rotatable bonds is 7. The number of nitrogens with one attached hydrogen (secondary N) is 1. The predicted octanol–water partition coefficient (Wildman–Crippen LogP) is 3.62. The van der Waals surface area contributed by atoms with E-state index in [1.165, 1.54) is 17.0 Å². The zero-order valence-corrected chi connectivity index (χ0v) is 21.8. The first-order valence-electron chi connectivity index (χ1n) is 12.3. The Labute approximate surface area is 229 Å². The second-order valence-electron chi connectivity index (χ2n) is 9.42. The molecule has 4 aromatic rings. The van der Waals surface area contributed by atoms with Gasteiger partial charge in [-0.25, -0.2) is 15.2 Å². The third-order valence-electron chi connectivity index (χ3n) is 5.92. The standard InChI is InChI=1S/C30H26FN5O4/c1-18(2)16-36(17-28(37)38)30(40)22-10-9-20(25(31)13-22)6-3-19-4-7-21(8-5-19)27-14-23(29(39)35-32)24-15-33-12-11-26(24)34-27/h4-5,7-15,18H,16-17,32H2,1-2H3,(H,35,39)(H,37,38). The number of carboxylic acid groups (broad SMARTS) is 1. The summed E-state index contributed by atoms with van der Waals surface area (Å²) < 4.78 is 14.8. The van der Waals surface area contributed by atoms with Gasteiger partial charge in [0.25, 0.3) is 11.8 Å². The number of nitrogens with two attached hydrogens (primary N) is 1. The number of hydrazine groups is 1. The van der Waals surface area contributed by atoms with E-state index in [9.17, 15) is 18.8 Å². The second kappa shape index (κ2) is 12.1. The molecule has 4 rings (SSSR count). The number of halogens is 1. The summed E-state index contributed by atoms with van der Waals surface area (Å²) in [7, 11) is 0. The van der Waals surface area contributed by atoms with E-state index in [0.29, 0.717) is 27.7 Å². The van der Waals surface area contributed by atoms with Crippen LogP contribution in [0.4, 0.5) is 4.39 Å². The summed E-state index contributed by atoms with van der Waals surface area (Å²) in [5.74, 6) is 8.21. The number of amides is 2. The molecule has 0 fully saturated rings.